The van der Waals surface area contributed by atoms with Crippen molar-refractivity contribution in [1.29, 1.82) is 5.26 Å². The summed E-state index contributed by atoms with van der Waals surface area (Å²) in [7, 11) is 0. The van der Waals surface area contributed by atoms with E-state index in [1.54, 1.807) is 19.1 Å². The molecule has 3 aliphatic heterocycles. The number of nitrogens with one attached hydrogen (secondary N) is 1. The van der Waals surface area contributed by atoms with Crippen molar-refractivity contribution in [3.63, 3.8) is 0 Å². The number of nitriles is 1. The first kappa shape index (κ1) is 16.7. The highest BCUT2D eigenvalue weighted by atomic mass is 16.5. The molecule has 132 valence electrons. The number of carbonyl (C=O) groups excluding carboxylic acids is 2. The Morgan fingerprint density at radius 1 is 1.19 bits per heavy atom. The van der Waals surface area contributed by atoms with Gasteiger partial charge in [0.25, 0.3) is 11.8 Å². The molecule has 2 amide bonds. The normalized spacial score (nSPS) is 29.7. The van der Waals surface area contributed by atoms with E-state index in [1.165, 1.54) is 0 Å². The van der Waals surface area contributed by atoms with Crippen LogP contribution in [0.15, 0.2) is 53.6 Å². The van der Waals surface area contributed by atoms with Crippen molar-refractivity contribution in [2.45, 2.75) is 31.2 Å². The Morgan fingerprint density at radius 3 is 2.65 bits per heavy atom. The van der Waals surface area contributed by atoms with Crippen molar-refractivity contribution >= 4 is 11.8 Å². The molecule has 3 atom stereocenters. The van der Waals surface area contributed by atoms with Gasteiger partial charge in [-0.2, -0.15) is 5.26 Å². The van der Waals surface area contributed by atoms with Crippen LogP contribution in [-0.4, -0.2) is 29.6 Å². The Labute approximate surface area is 151 Å². The number of rotatable bonds is 6. The Hall–Kier alpha value is -2.75. The maximum Gasteiger partial charge on any atom is 0.257 e. The highest BCUT2D eigenvalue weighted by Crippen LogP contribution is 2.55. The van der Waals surface area contributed by atoms with E-state index in [4.69, 9.17) is 9.47 Å². The van der Waals surface area contributed by atoms with E-state index in [1.807, 2.05) is 30.3 Å². The summed E-state index contributed by atoms with van der Waals surface area (Å²) in [5.74, 6) is -1.50. The first-order chi connectivity index (χ1) is 12.5. The summed E-state index contributed by atoms with van der Waals surface area (Å²) in [6.07, 6.45) is 3.94. The van der Waals surface area contributed by atoms with Gasteiger partial charge in [-0.3, -0.25) is 14.9 Å². The largest absolute Gasteiger partial charge is 0.377 e. The second-order valence-corrected chi connectivity index (χ2v) is 6.79. The first-order valence-corrected chi connectivity index (χ1v) is 8.55. The lowest BCUT2D eigenvalue weighted by atomic mass is 9.76. The molecule has 6 heteroatoms. The minimum absolute atomic E-state index is 0.280. The van der Waals surface area contributed by atoms with E-state index in [0.717, 1.165) is 5.56 Å². The monoisotopic (exact) mass is 350 g/mol. The summed E-state index contributed by atoms with van der Waals surface area (Å²) in [4.78, 5) is 24.6. The van der Waals surface area contributed by atoms with Crippen molar-refractivity contribution in [3.8, 4) is 6.07 Å². The van der Waals surface area contributed by atoms with E-state index in [9.17, 15) is 14.9 Å². The third-order valence-corrected chi connectivity index (χ3v) is 5.26. The maximum absolute atomic E-state index is 12.3. The van der Waals surface area contributed by atoms with E-state index < -0.39 is 28.9 Å². The molecule has 0 fully saturated rings. The zero-order valence-corrected chi connectivity index (χ0v) is 14.3. The third-order valence-electron chi connectivity index (χ3n) is 5.26. The number of hydrogen-bond acceptors (Lipinski definition) is 5. The van der Waals surface area contributed by atoms with Gasteiger partial charge in [0.1, 0.15) is 11.2 Å². The number of nitrogens with zero attached hydrogens (tertiary/aromatic N) is 1. The minimum Gasteiger partial charge on any atom is -0.377 e. The highest BCUT2D eigenvalue weighted by molar-refractivity contribution is 6.23. The molecule has 0 saturated carbocycles. The van der Waals surface area contributed by atoms with Crippen LogP contribution in [0.5, 0.6) is 0 Å². The molecule has 0 aromatic heterocycles. The maximum atomic E-state index is 12.3. The van der Waals surface area contributed by atoms with Crippen LogP contribution in [-0.2, 0) is 25.7 Å². The fourth-order valence-corrected chi connectivity index (χ4v) is 3.92. The Morgan fingerprint density at radius 2 is 1.92 bits per heavy atom. The van der Waals surface area contributed by atoms with Crippen molar-refractivity contribution in [3.05, 3.63) is 59.2 Å². The second-order valence-electron chi connectivity index (χ2n) is 6.79. The third kappa shape index (κ3) is 2.25. The highest BCUT2D eigenvalue weighted by Gasteiger charge is 2.65. The fourth-order valence-electron chi connectivity index (χ4n) is 3.92. The molecule has 3 aliphatic rings. The van der Waals surface area contributed by atoms with E-state index in [0.29, 0.717) is 25.2 Å². The lowest BCUT2D eigenvalue weighted by Gasteiger charge is -2.30. The fraction of sp³-hybridized carbons (Fsp3) is 0.350. The molecule has 4 rings (SSSR count). The van der Waals surface area contributed by atoms with Gasteiger partial charge >= 0.3 is 0 Å². The van der Waals surface area contributed by atoms with Crippen LogP contribution in [0, 0.1) is 17.2 Å². The number of ether oxygens (including phenoxy) is 2. The van der Waals surface area contributed by atoms with Crippen LogP contribution in [0.2, 0.25) is 0 Å². The van der Waals surface area contributed by atoms with E-state index in [2.05, 4.69) is 11.4 Å². The van der Waals surface area contributed by atoms with Gasteiger partial charge in [-0.15, -0.1) is 0 Å². The summed E-state index contributed by atoms with van der Waals surface area (Å²) in [5.41, 5.74) is -0.495. The lowest BCUT2D eigenvalue weighted by Crippen LogP contribution is -2.43. The lowest BCUT2D eigenvalue weighted by molar-refractivity contribution is -0.129. The molecule has 0 spiro atoms. The van der Waals surface area contributed by atoms with Crippen molar-refractivity contribution in [1.82, 2.24) is 5.32 Å². The second kappa shape index (κ2) is 5.90. The molecule has 0 aliphatic carbocycles. The molecule has 26 heavy (non-hydrogen) atoms. The number of imide groups is 1. The van der Waals surface area contributed by atoms with Gasteiger partial charge in [0, 0.05) is 6.42 Å². The van der Waals surface area contributed by atoms with Gasteiger partial charge in [0.15, 0.2) is 0 Å². The van der Waals surface area contributed by atoms with Crippen LogP contribution in [0.1, 0.15) is 18.9 Å². The standard InChI is InChI=1S/C20H18N2O4/c1-13(11-21)20-8-7-19(26-20,15-16(20)18(24)22-17(15)23)9-10-25-12-14-5-3-2-4-6-14/h2-8,13H,9-10,12H2,1H3,(H,22,23,24). The number of benzene rings is 1. The summed E-state index contributed by atoms with van der Waals surface area (Å²) < 4.78 is 11.9. The average molecular weight is 350 g/mol. The molecular formula is C20H18N2O4. The van der Waals surface area contributed by atoms with E-state index in [-0.39, 0.29) is 5.57 Å². The molecular weight excluding hydrogens is 332 g/mol. The molecule has 1 aromatic carbocycles. The Balaban J connectivity index is 1.54. The molecule has 0 saturated heterocycles. The number of amides is 2. The Kier molecular flexibility index (Phi) is 3.79. The molecule has 1 aromatic rings. The summed E-state index contributed by atoms with van der Waals surface area (Å²) in [5, 5.41) is 11.7. The van der Waals surface area contributed by atoms with Gasteiger partial charge in [-0.25, -0.2) is 0 Å². The van der Waals surface area contributed by atoms with Crippen LogP contribution in [0.3, 0.4) is 0 Å². The van der Waals surface area contributed by atoms with E-state index >= 15 is 0 Å². The van der Waals surface area contributed by atoms with Gasteiger partial charge in [-0.05, 0) is 24.6 Å². The van der Waals surface area contributed by atoms with Crippen molar-refractivity contribution < 1.29 is 19.1 Å². The summed E-state index contributed by atoms with van der Waals surface area (Å²) in [6.45, 7) is 2.50. The van der Waals surface area contributed by atoms with Gasteiger partial charge in [0.2, 0.25) is 0 Å². The van der Waals surface area contributed by atoms with Gasteiger partial charge < -0.3 is 9.47 Å². The van der Waals surface area contributed by atoms with Crippen LogP contribution >= 0.6 is 0 Å². The quantitative estimate of drug-likeness (QED) is 0.480. The molecule has 0 radical (unpaired) electrons. The molecule has 2 bridgehead atoms. The summed E-state index contributed by atoms with van der Waals surface area (Å²) >= 11 is 0. The predicted molar refractivity (Wildman–Crippen MR) is 91.4 cm³/mol. The first-order valence-electron chi connectivity index (χ1n) is 8.55. The van der Waals surface area contributed by atoms with Crippen molar-refractivity contribution in [2.75, 3.05) is 6.61 Å². The average Bonchev–Trinajstić information content (AvgIpc) is 3.28. The number of fused-ring (bicyclic) bond motifs is 4. The van der Waals surface area contributed by atoms with Crippen LogP contribution < -0.4 is 5.32 Å². The molecule has 3 heterocycles. The van der Waals surface area contributed by atoms with Crippen LogP contribution in [0.4, 0.5) is 0 Å². The topological polar surface area (TPSA) is 88.4 Å². The molecule has 6 nitrogen and oxygen atoms in total. The van der Waals surface area contributed by atoms with Gasteiger partial charge in [-0.1, -0.05) is 30.3 Å². The Bertz CT molecular complexity index is 883. The zero-order chi connectivity index (χ0) is 18.4. The van der Waals surface area contributed by atoms with Crippen molar-refractivity contribution in [2.24, 2.45) is 5.92 Å². The molecule has 3 unspecified atom stereocenters. The number of hydrogen-bond donors (Lipinski definition) is 1. The number of carbonyl (C=O) groups is 2. The zero-order valence-electron chi connectivity index (χ0n) is 14.3. The van der Waals surface area contributed by atoms with Gasteiger partial charge in [0.05, 0.1) is 36.3 Å². The summed E-state index contributed by atoms with van der Waals surface area (Å²) in [6, 6.07) is 11.9. The van der Waals surface area contributed by atoms with Crippen LogP contribution in [0.25, 0.3) is 0 Å². The minimum atomic E-state index is -1.15. The molecule has 1 N–H and O–H groups in total. The predicted octanol–water partition coefficient (Wildman–Crippen LogP) is 1.78. The smallest absolute Gasteiger partial charge is 0.257 e. The SMILES string of the molecule is CC(C#N)C12C=CC(CCOCc3ccccc3)(O1)C1=C2C(=O)NC1=O.